The fourth-order valence-electron chi connectivity index (χ4n) is 1.59. The molecule has 18 heavy (non-hydrogen) atoms. The molecule has 0 saturated carbocycles. The third kappa shape index (κ3) is 4.26. The highest BCUT2D eigenvalue weighted by molar-refractivity contribution is 5.53. The lowest BCUT2D eigenvalue weighted by molar-refractivity contribution is 1.66. The van der Waals surface area contributed by atoms with E-state index < -0.39 is 0 Å². The van der Waals surface area contributed by atoms with Gasteiger partial charge in [-0.3, -0.25) is 0 Å². The van der Waals surface area contributed by atoms with Crippen molar-refractivity contribution >= 4 is 12.2 Å². The van der Waals surface area contributed by atoms with Gasteiger partial charge in [-0.15, -0.1) is 0 Å². The van der Waals surface area contributed by atoms with Crippen LogP contribution >= 0.6 is 0 Å². The van der Waals surface area contributed by atoms with E-state index in [1.165, 1.54) is 11.1 Å². The first-order valence-corrected chi connectivity index (χ1v) is 6.07. The highest BCUT2D eigenvalue weighted by Crippen LogP contribution is 2.02. The Morgan fingerprint density at radius 2 is 0.833 bits per heavy atom. The van der Waals surface area contributed by atoms with Crippen LogP contribution in [-0.2, 0) is 0 Å². The van der Waals surface area contributed by atoms with Crippen LogP contribution in [0.3, 0.4) is 0 Å². The minimum absolute atomic E-state index is 1.22. The van der Waals surface area contributed by atoms with Gasteiger partial charge >= 0.3 is 0 Å². The van der Waals surface area contributed by atoms with Gasteiger partial charge < -0.3 is 0 Å². The van der Waals surface area contributed by atoms with Crippen molar-refractivity contribution in [2.45, 2.75) is 0 Å². The molecule has 0 N–H and O–H groups in total. The lowest BCUT2D eigenvalue weighted by atomic mass is 10.2. The molecule has 0 atom stereocenters. The van der Waals surface area contributed by atoms with Crippen molar-refractivity contribution in [1.29, 1.82) is 0 Å². The molecular formula is C18H16. The quantitative estimate of drug-likeness (QED) is 0.653. The second-order valence-electron chi connectivity index (χ2n) is 3.92. The minimum atomic E-state index is 1.22. The third-order valence-corrected chi connectivity index (χ3v) is 2.51. The monoisotopic (exact) mass is 232 g/mol. The molecule has 0 saturated heterocycles. The molecule has 0 unspecified atom stereocenters. The van der Waals surface area contributed by atoms with Gasteiger partial charge in [0.1, 0.15) is 0 Å². The van der Waals surface area contributed by atoms with Crippen LogP contribution in [0.2, 0.25) is 0 Å². The van der Waals surface area contributed by atoms with E-state index in [2.05, 4.69) is 36.4 Å². The molecule has 0 spiro atoms. The Bertz CT molecular complexity index is 479. The van der Waals surface area contributed by atoms with E-state index >= 15 is 0 Å². The third-order valence-electron chi connectivity index (χ3n) is 2.51. The van der Waals surface area contributed by atoms with Gasteiger partial charge in [0.15, 0.2) is 0 Å². The van der Waals surface area contributed by atoms with Gasteiger partial charge in [0, 0.05) is 0 Å². The second kappa shape index (κ2) is 7.08. The SMILES string of the molecule is C(C=Cc1ccccc1)=C/C=C/c1ccccc1. The van der Waals surface area contributed by atoms with Crippen molar-refractivity contribution in [3.63, 3.8) is 0 Å². The number of benzene rings is 2. The van der Waals surface area contributed by atoms with Crippen LogP contribution in [0.1, 0.15) is 11.1 Å². The summed E-state index contributed by atoms with van der Waals surface area (Å²) in [5, 5.41) is 0. The van der Waals surface area contributed by atoms with Gasteiger partial charge in [0.05, 0.1) is 0 Å². The van der Waals surface area contributed by atoms with E-state index in [9.17, 15) is 0 Å². The van der Waals surface area contributed by atoms with Gasteiger partial charge in [-0.1, -0.05) is 97.1 Å². The maximum atomic E-state index is 2.09. The van der Waals surface area contributed by atoms with E-state index in [1.807, 2.05) is 60.7 Å². The highest BCUT2D eigenvalue weighted by Gasteiger charge is 1.80. The summed E-state index contributed by atoms with van der Waals surface area (Å²) in [4.78, 5) is 0. The van der Waals surface area contributed by atoms with Gasteiger partial charge in [-0.25, -0.2) is 0 Å². The summed E-state index contributed by atoms with van der Waals surface area (Å²) in [5.41, 5.74) is 2.43. The molecule has 0 heterocycles. The zero-order valence-electron chi connectivity index (χ0n) is 10.2. The summed E-state index contributed by atoms with van der Waals surface area (Å²) in [5.74, 6) is 0. The fraction of sp³-hybridized carbons (Fsp3) is 0. The second-order valence-corrected chi connectivity index (χ2v) is 3.92. The predicted octanol–water partition coefficient (Wildman–Crippen LogP) is 4.97. The standard InChI is InChI=1S/C18H16/c1(5-11-17-13-7-3-8-14-17)2-6-12-18-15-9-4-10-16-18/h1-16H/b2-1?,11-5+,12-6?. The van der Waals surface area contributed by atoms with E-state index in [4.69, 9.17) is 0 Å². The number of rotatable bonds is 4. The van der Waals surface area contributed by atoms with Crippen LogP contribution in [0.25, 0.3) is 12.2 Å². The molecule has 2 aromatic carbocycles. The highest BCUT2D eigenvalue weighted by atomic mass is 13.9. The van der Waals surface area contributed by atoms with Gasteiger partial charge in [-0.2, -0.15) is 0 Å². The van der Waals surface area contributed by atoms with Gasteiger partial charge in [0.25, 0.3) is 0 Å². The van der Waals surface area contributed by atoms with Crippen molar-refractivity contribution < 1.29 is 0 Å². The molecule has 0 aliphatic rings. The number of allylic oxidation sites excluding steroid dienone is 4. The van der Waals surface area contributed by atoms with Crippen molar-refractivity contribution in [2.24, 2.45) is 0 Å². The zero-order chi connectivity index (χ0) is 12.5. The van der Waals surface area contributed by atoms with Crippen LogP contribution in [0.4, 0.5) is 0 Å². The smallest absolute Gasteiger partial charge is 0.0257 e. The largest absolute Gasteiger partial charge is 0.0622 e. The van der Waals surface area contributed by atoms with Gasteiger partial charge in [-0.05, 0) is 11.1 Å². The summed E-state index contributed by atoms with van der Waals surface area (Å²) in [6, 6.07) is 20.6. The summed E-state index contributed by atoms with van der Waals surface area (Å²) in [7, 11) is 0. The van der Waals surface area contributed by atoms with Crippen LogP contribution in [0.15, 0.2) is 85.0 Å². The molecule has 0 bridgehead atoms. The number of hydrogen-bond donors (Lipinski definition) is 0. The summed E-state index contributed by atoms with van der Waals surface area (Å²) < 4.78 is 0. The lowest BCUT2D eigenvalue weighted by Gasteiger charge is -1.89. The first-order chi connectivity index (χ1) is 8.95. The molecule has 2 rings (SSSR count). The molecule has 88 valence electrons. The Hall–Kier alpha value is -2.34. The Morgan fingerprint density at radius 3 is 1.22 bits per heavy atom. The maximum absolute atomic E-state index is 2.09. The lowest BCUT2D eigenvalue weighted by Crippen LogP contribution is -1.67. The Morgan fingerprint density at radius 1 is 0.444 bits per heavy atom. The first kappa shape index (κ1) is 12.1. The molecular weight excluding hydrogens is 216 g/mol. The topological polar surface area (TPSA) is 0 Å². The fourth-order valence-corrected chi connectivity index (χ4v) is 1.59. The maximum Gasteiger partial charge on any atom is -0.0257 e. The van der Waals surface area contributed by atoms with Crippen LogP contribution in [-0.4, -0.2) is 0 Å². The molecule has 0 aliphatic carbocycles. The average molecular weight is 232 g/mol. The van der Waals surface area contributed by atoms with Gasteiger partial charge in [0.2, 0.25) is 0 Å². The summed E-state index contributed by atoms with van der Waals surface area (Å²) in [6.45, 7) is 0. The molecule has 0 radical (unpaired) electrons. The summed E-state index contributed by atoms with van der Waals surface area (Å²) >= 11 is 0. The molecule has 2 aromatic rings. The van der Waals surface area contributed by atoms with Crippen molar-refractivity contribution in [3.05, 3.63) is 96.1 Å². The average Bonchev–Trinajstić information content (AvgIpc) is 2.45. The Balaban J connectivity index is 1.86. The predicted molar refractivity (Wildman–Crippen MR) is 80.1 cm³/mol. The van der Waals surface area contributed by atoms with Crippen molar-refractivity contribution in [2.75, 3.05) is 0 Å². The molecule has 0 nitrogen and oxygen atoms in total. The number of hydrogen-bond acceptors (Lipinski definition) is 0. The van der Waals surface area contributed by atoms with Crippen LogP contribution in [0, 0.1) is 0 Å². The van der Waals surface area contributed by atoms with Crippen LogP contribution < -0.4 is 0 Å². The Kier molecular flexibility index (Phi) is 4.77. The minimum Gasteiger partial charge on any atom is -0.0622 e. The molecule has 0 aliphatic heterocycles. The normalized spacial score (nSPS) is 11.8. The van der Waals surface area contributed by atoms with Crippen molar-refractivity contribution in [3.8, 4) is 0 Å². The van der Waals surface area contributed by atoms with E-state index in [1.54, 1.807) is 0 Å². The molecule has 0 aromatic heterocycles. The first-order valence-electron chi connectivity index (χ1n) is 6.07. The Labute approximate surface area is 109 Å². The van der Waals surface area contributed by atoms with E-state index in [0.29, 0.717) is 0 Å². The molecule has 0 heteroatoms. The zero-order valence-corrected chi connectivity index (χ0v) is 10.2. The molecule has 0 amide bonds. The van der Waals surface area contributed by atoms with Crippen molar-refractivity contribution in [1.82, 2.24) is 0 Å². The molecule has 0 fully saturated rings. The van der Waals surface area contributed by atoms with E-state index in [0.717, 1.165) is 0 Å². The summed E-state index contributed by atoms with van der Waals surface area (Å²) in [6.07, 6.45) is 12.3. The van der Waals surface area contributed by atoms with E-state index in [-0.39, 0.29) is 0 Å². The van der Waals surface area contributed by atoms with Crippen LogP contribution in [0.5, 0.6) is 0 Å².